The molecule has 624 valence electrons. The molecule has 4 aromatic heterocycles. The number of para-hydroxylation sites is 6. The molecule has 0 unspecified atom stereocenters. The van der Waals surface area contributed by atoms with Crippen LogP contribution in [0.5, 0.6) is 0 Å². The fourth-order valence-electron chi connectivity index (χ4n) is 20.5. The van der Waals surface area contributed by atoms with Crippen LogP contribution in [0.1, 0.15) is 12.7 Å². The highest BCUT2D eigenvalue weighted by molar-refractivity contribution is 6.25. The molecule has 6 heteroatoms. The third-order valence-corrected chi connectivity index (χ3v) is 26.5. The molecule has 4 heterocycles. The molecule has 6 nitrogen and oxygen atoms in total. The van der Waals surface area contributed by atoms with Crippen molar-refractivity contribution in [2.24, 2.45) is 0 Å². The molecule has 0 fully saturated rings. The summed E-state index contributed by atoms with van der Waals surface area (Å²) in [7, 11) is 0. The van der Waals surface area contributed by atoms with Crippen molar-refractivity contribution in [2.45, 2.75) is 13.3 Å². The summed E-state index contributed by atoms with van der Waals surface area (Å²) in [4.78, 5) is 15.5. The summed E-state index contributed by atoms with van der Waals surface area (Å²) in [6.45, 7) is 2.17. The number of aryl methyl sites for hydroxylation is 1. The first-order chi connectivity index (χ1) is 65.9. The molecule has 0 saturated heterocycles. The van der Waals surface area contributed by atoms with Crippen LogP contribution in [0.3, 0.4) is 0 Å². The second kappa shape index (κ2) is 34.0. The van der Waals surface area contributed by atoms with Crippen molar-refractivity contribution in [1.29, 1.82) is 0 Å². The number of hydrogen-bond donors (Lipinski definition) is 0. The number of hydrogen-bond acceptors (Lipinski definition) is 3. The van der Waals surface area contributed by atoms with E-state index in [1.807, 2.05) is 18.2 Å². The Balaban J connectivity index is 0.000000113. The third kappa shape index (κ3) is 14.3. The van der Waals surface area contributed by atoms with Crippen molar-refractivity contribution in [3.05, 3.63) is 497 Å². The zero-order valence-electron chi connectivity index (χ0n) is 73.2. The lowest BCUT2D eigenvalue weighted by Crippen LogP contribution is -2.01. The molecular formula is C127H86N6. The number of benzene rings is 22. The summed E-state index contributed by atoms with van der Waals surface area (Å²) in [5.74, 6) is 1.76. The van der Waals surface area contributed by atoms with Gasteiger partial charge in [-0.3, -0.25) is 4.57 Å². The lowest BCUT2D eigenvalue weighted by molar-refractivity contribution is 0.908. The molecule has 0 spiro atoms. The Bertz CT molecular complexity index is 8620. The van der Waals surface area contributed by atoms with E-state index in [9.17, 15) is 0 Å². The molecule has 0 saturated carbocycles. The van der Waals surface area contributed by atoms with Crippen molar-refractivity contribution in [1.82, 2.24) is 28.7 Å². The van der Waals surface area contributed by atoms with Crippen molar-refractivity contribution >= 4 is 119 Å². The van der Waals surface area contributed by atoms with Gasteiger partial charge in [0, 0.05) is 61.7 Å². The summed E-state index contributed by atoms with van der Waals surface area (Å²) in [6.07, 6.45) is 0.875. The molecule has 0 aliphatic heterocycles. The fourth-order valence-corrected chi connectivity index (χ4v) is 20.5. The molecule has 0 aliphatic carbocycles. The normalized spacial score (nSPS) is 11.5. The smallest absolute Gasteiger partial charge is 0.160 e. The van der Waals surface area contributed by atoms with E-state index in [4.69, 9.17) is 15.0 Å². The maximum atomic E-state index is 5.34. The van der Waals surface area contributed by atoms with Crippen LogP contribution >= 0.6 is 0 Å². The minimum Gasteiger partial charge on any atom is -0.309 e. The Morgan fingerprint density at radius 2 is 0.526 bits per heavy atom. The van der Waals surface area contributed by atoms with Crippen LogP contribution in [0.15, 0.2) is 491 Å². The highest BCUT2D eigenvalue weighted by atomic mass is 15.1. The highest BCUT2D eigenvalue weighted by Crippen LogP contribution is 2.49. The van der Waals surface area contributed by atoms with Gasteiger partial charge in [0.05, 0.1) is 44.5 Å². The average molecular weight is 1700 g/mol. The lowest BCUT2D eigenvalue weighted by Gasteiger charge is -2.19. The molecule has 0 atom stereocenters. The minimum absolute atomic E-state index is 0.684. The second-order valence-electron chi connectivity index (χ2n) is 34.2. The molecule has 26 rings (SSSR count). The van der Waals surface area contributed by atoms with Crippen molar-refractivity contribution in [2.75, 3.05) is 0 Å². The first kappa shape index (κ1) is 79.0. The third-order valence-electron chi connectivity index (χ3n) is 26.5. The van der Waals surface area contributed by atoms with Crippen LogP contribution in [0, 0.1) is 0 Å². The van der Waals surface area contributed by atoms with Crippen LogP contribution < -0.4 is 0 Å². The van der Waals surface area contributed by atoms with Gasteiger partial charge in [-0.25, -0.2) is 15.0 Å². The lowest BCUT2D eigenvalue weighted by atomic mass is 9.84. The summed E-state index contributed by atoms with van der Waals surface area (Å²) in [6, 6.07) is 177. The van der Waals surface area contributed by atoms with E-state index in [0.29, 0.717) is 5.82 Å². The van der Waals surface area contributed by atoms with Gasteiger partial charge in [0.25, 0.3) is 0 Å². The number of imidazole rings is 1. The Hall–Kier alpha value is -17.5. The van der Waals surface area contributed by atoms with Crippen molar-refractivity contribution < 1.29 is 0 Å². The Morgan fingerprint density at radius 3 is 1.03 bits per heavy atom. The maximum Gasteiger partial charge on any atom is 0.160 e. The fraction of sp³-hybridized carbons (Fsp3) is 0.0157. The molecular weight excluding hydrogens is 1610 g/mol. The average Bonchev–Trinajstić information content (AvgIpc) is 1.51. The molecule has 0 bridgehead atoms. The first-order valence-corrected chi connectivity index (χ1v) is 45.8. The van der Waals surface area contributed by atoms with E-state index in [1.165, 1.54) is 147 Å². The maximum absolute atomic E-state index is 5.34. The van der Waals surface area contributed by atoms with E-state index >= 15 is 0 Å². The number of fused-ring (bicyclic) bond motifs is 13. The van der Waals surface area contributed by atoms with Gasteiger partial charge < -0.3 is 9.13 Å². The van der Waals surface area contributed by atoms with Gasteiger partial charge in [0.2, 0.25) is 0 Å². The summed E-state index contributed by atoms with van der Waals surface area (Å²) >= 11 is 0. The SMILES string of the molecule is CCc1nc2ccccc2n1-c1ccc(-c2c3ccccc3c(-c3ccc(-c4ccccc4)cc3)c3ccccc23)cc1.c1ccc(-c2cccc(-c3cc(-c4cc(-n5c6ccccc6c6ccccc65)cc(-n5c6ccccc6c6ccccc65)c4)nc(-c4ccccc4)n3)c2)cc1.c1ccc2cc(-c3c4ccccc4c(-c4cccc5ccccc45)c4ccccc34)ccc2c1. The number of nitrogens with zero attached hydrogens (tertiary/aromatic N) is 6. The van der Waals surface area contributed by atoms with Gasteiger partial charge in [-0.2, -0.15) is 0 Å². The first-order valence-electron chi connectivity index (χ1n) is 45.8. The van der Waals surface area contributed by atoms with E-state index < -0.39 is 0 Å². The standard InChI is InChI=1S/C52H34N4.C41H30N2.C34H22/c1-3-16-35(17-4-1)37-20-15-21-38(30-37)46-34-47(54-52(53-46)36-18-5-2-6-19-36)39-31-40(55-48-26-11-7-22-42(48)43-23-8-12-27-49(43)55)33-41(32-39)56-50-28-13-9-24-44(50)45-25-10-14-29-51(45)56;1-2-39-42-37-18-10-11-19-38(37)43(39)32-26-24-31(25-27-32)41-35-16-8-6-14-33(35)40(34-15-7-9-17-36(34)41)30-22-20-29(21-23-30)28-12-4-3-5-13-28;1-2-12-25-22-26(21-20-23(25)10-1)33-29-15-5-7-17-31(29)34(32-18-8-6-16-30(32)33)28-19-9-13-24-11-3-4-14-27(24)28/h1-34H;3-27H,2H2,1H3;1-22H. The Labute approximate surface area is 770 Å². The predicted molar refractivity (Wildman–Crippen MR) is 562 cm³/mol. The van der Waals surface area contributed by atoms with Gasteiger partial charge in [0.15, 0.2) is 5.82 Å². The summed E-state index contributed by atoms with van der Waals surface area (Å²) in [5, 5.41) is 20.2. The van der Waals surface area contributed by atoms with E-state index in [0.717, 1.165) is 96.0 Å². The molecule has 0 radical (unpaired) electrons. The van der Waals surface area contributed by atoms with Gasteiger partial charge in [-0.05, 0) is 216 Å². The zero-order valence-corrected chi connectivity index (χ0v) is 73.2. The highest BCUT2D eigenvalue weighted by Gasteiger charge is 2.24. The zero-order chi connectivity index (χ0) is 88.2. The van der Waals surface area contributed by atoms with E-state index in [-0.39, 0.29) is 0 Å². The van der Waals surface area contributed by atoms with Crippen molar-refractivity contribution in [3.63, 3.8) is 0 Å². The van der Waals surface area contributed by atoms with Gasteiger partial charge in [-0.15, -0.1) is 0 Å². The second-order valence-corrected chi connectivity index (χ2v) is 34.2. The summed E-state index contributed by atoms with van der Waals surface area (Å²) in [5.41, 5.74) is 29.7. The quantitative estimate of drug-likeness (QED) is 0.108. The van der Waals surface area contributed by atoms with Gasteiger partial charge in [0.1, 0.15) is 5.82 Å². The largest absolute Gasteiger partial charge is 0.309 e. The van der Waals surface area contributed by atoms with Crippen LogP contribution in [0.4, 0.5) is 0 Å². The van der Waals surface area contributed by atoms with Crippen LogP contribution in [0.2, 0.25) is 0 Å². The van der Waals surface area contributed by atoms with Crippen LogP contribution in [0.25, 0.3) is 237 Å². The Morgan fingerprint density at radius 1 is 0.180 bits per heavy atom. The van der Waals surface area contributed by atoms with E-state index in [2.05, 4.69) is 494 Å². The number of rotatable bonds is 13. The van der Waals surface area contributed by atoms with E-state index in [1.54, 1.807) is 0 Å². The molecule has 0 amide bonds. The van der Waals surface area contributed by atoms with Crippen molar-refractivity contribution in [3.8, 4) is 118 Å². The van der Waals surface area contributed by atoms with Crippen LogP contribution in [-0.2, 0) is 6.42 Å². The van der Waals surface area contributed by atoms with Gasteiger partial charge >= 0.3 is 0 Å². The monoisotopic (exact) mass is 1690 g/mol. The molecule has 22 aromatic carbocycles. The number of aromatic nitrogens is 6. The predicted octanol–water partition coefficient (Wildman–Crippen LogP) is 33.9. The van der Waals surface area contributed by atoms with Gasteiger partial charge in [-0.1, -0.05) is 413 Å². The molecule has 0 N–H and O–H groups in total. The minimum atomic E-state index is 0.684. The topological polar surface area (TPSA) is 53.5 Å². The molecule has 133 heavy (non-hydrogen) atoms. The molecule has 26 aromatic rings. The van der Waals surface area contributed by atoms with Crippen LogP contribution in [-0.4, -0.2) is 28.7 Å². The summed E-state index contributed by atoms with van der Waals surface area (Å²) < 4.78 is 7.09. The Kier molecular flexibility index (Phi) is 20.2. The molecule has 0 aliphatic rings.